The van der Waals surface area contributed by atoms with Crippen molar-refractivity contribution in [1.82, 2.24) is 10.2 Å². The summed E-state index contributed by atoms with van der Waals surface area (Å²) in [6, 6.07) is 18.4. The van der Waals surface area contributed by atoms with Crippen LogP contribution in [0.15, 0.2) is 54.6 Å². The summed E-state index contributed by atoms with van der Waals surface area (Å²) in [4.78, 5) is 15.1. The number of carbonyl (C=O) groups is 1. The van der Waals surface area contributed by atoms with E-state index in [-0.39, 0.29) is 24.2 Å². The molecule has 1 N–H and O–H groups in total. The molecule has 2 aromatic rings. The van der Waals surface area contributed by atoms with Crippen LogP contribution in [-0.2, 0) is 17.8 Å². The fraction of sp³-hybridized carbons (Fsp3) is 0.409. The van der Waals surface area contributed by atoms with Gasteiger partial charge in [0.2, 0.25) is 5.91 Å². The number of hydrogen-bond donors (Lipinski definition) is 1. The van der Waals surface area contributed by atoms with E-state index in [1.54, 1.807) is 7.11 Å². The first-order valence-corrected chi connectivity index (χ1v) is 9.42. The van der Waals surface area contributed by atoms with Crippen LogP contribution in [0.2, 0.25) is 0 Å². The summed E-state index contributed by atoms with van der Waals surface area (Å²) in [5, 5.41) is 3.36. The fourth-order valence-electron chi connectivity index (χ4n) is 3.45. The zero-order valence-corrected chi connectivity index (χ0v) is 16.7. The summed E-state index contributed by atoms with van der Waals surface area (Å²) < 4.78 is 5.22. The molecular formula is C22H29ClN2O2. The third kappa shape index (κ3) is 6.26. The van der Waals surface area contributed by atoms with Crippen molar-refractivity contribution in [2.45, 2.75) is 25.8 Å². The molecule has 0 bridgehead atoms. The minimum Gasteiger partial charge on any atom is -0.497 e. The Kier molecular flexibility index (Phi) is 8.62. The van der Waals surface area contributed by atoms with Crippen LogP contribution in [0, 0.1) is 5.92 Å². The second-order valence-corrected chi connectivity index (χ2v) is 6.89. The molecule has 1 unspecified atom stereocenters. The van der Waals surface area contributed by atoms with Gasteiger partial charge >= 0.3 is 0 Å². The number of hydrogen-bond acceptors (Lipinski definition) is 3. The summed E-state index contributed by atoms with van der Waals surface area (Å²) in [6.07, 6.45) is 2.91. The van der Waals surface area contributed by atoms with Crippen molar-refractivity contribution in [3.05, 3.63) is 65.7 Å². The van der Waals surface area contributed by atoms with Gasteiger partial charge in [-0.05, 0) is 49.1 Å². The number of rotatable bonds is 7. The first-order valence-electron chi connectivity index (χ1n) is 9.42. The van der Waals surface area contributed by atoms with Gasteiger partial charge in [-0.1, -0.05) is 42.5 Å². The molecule has 0 saturated carbocycles. The highest BCUT2D eigenvalue weighted by molar-refractivity contribution is 5.85. The molecule has 146 valence electrons. The topological polar surface area (TPSA) is 41.6 Å². The van der Waals surface area contributed by atoms with Crippen molar-refractivity contribution in [2.75, 3.05) is 26.7 Å². The molecule has 1 heterocycles. The summed E-state index contributed by atoms with van der Waals surface area (Å²) in [6.45, 7) is 3.23. The standard InChI is InChI=1S/C22H28N2O2.ClH/c1-26-21-11-9-18(10-12-21)13-15-24(17-19-6-3-2-4-7-19)22(25)20-8-5-14-23-16-20;/h2-4,6-7,9-12,20,23H,5,8,13-17H2,1H3;1H. The minimum atomic E-state index is 0. The molecule has 2 aromatic carbocycles. The number of ether oxygens (including phenoxy) is 1. The molecule has 5 heteroatoms. The minimum absolute atomic E-state index is 0. The summed E-state index contributed by atoms with van der Waals surface area (Å²) in [7, 11) is 1.67. The first-order chi connectivity index (χ1) is 12.8. The predicted octanol–water partition coefficient (Wildman–Crippen LogP) is 3.69. The molecular weight excluding hydrogens is 360 g/mol. The van der Waals surface area contributed by atoms with E-state index in [1.165, 1.54) is 11.1 Å². The number of nitrogens with zero attached hydrogens (tertiary/aromatic N) is 1. The van der Waals surface area contributed by atoms with E-state index in [0.29, 0.717) is 6.54 Å². The highest BCUT2D eigenvalue weighted by atomic mass is 35.5. The lowest BCUT2D eigenvalue weighted by atomic mass is 9.97. The molecule has 3 rings (SSSR count). The maximum absolute atomic E-state index is 13.1. The van der Waals surface area contributed by atoms with Crippen molar-refractivity contribution in [1.29, 1.82) is 0 Å². The number of carbonyl (C=O) groups excluding carboxylic acids is 1. The third-order valence-corrected chi connectivity index (χ3v) is 5.00. The summed E-state index contributed by atoms with van der Waals surface area (Å²) in [5.74, 6) is 1.23. The molecule has 1 amide bonds. The van der Waals surface area contributed by atoms with Crippen LogP contribution >= 0.6 is 12.4 Å². The number of halogens is 1. The quantitative estimate of drug-likeness (QED) is 0.786. The summed E-state index contributed by atoms with van der Waals surface area (Å²) in [5.41, 5.74) is 2.40. The van der Waals surface area contributed by atoms with Gasteiger partial charge in [0.25, 0.3) is 0 Å². The van der Waals surface area contributed by atoms with E-state index >= 15 is 0 Å². The van der Waals surface area contributed by atoms with Gasteiger partial charge in [-0.15, -0.1) is 12.4 Å². The molecule has 0 aromatic heterocycles. The Bertz CT molecular complexity index is 685. The Balaban J connectivity index is 0.00000261. The van der Waals surface area contributed by atoms with Crippen molar-refractivity contribution in [3.63, 3.8) is 0 Å². The lowest BCUT2D eigenvalue weighted by molar-refractivity contribution is -0.136. The van der Waals surface area contributed by atoms with Crippen LogP contribution in [0.1, 0.15) is 24.0 Å². The SMILES string of the molecule is COc1ccc(CCN(Cc2ccccc2)C(=O)C2CCCNC2)cc1.Cl. The van der Waals surface area contributed by atoms with Gasteiger partial charge in [0, 0.05) is 19.6 Å². The number of benzene rings is 2. The van der Waals surface area contributed by atoms with E-state index in [0.717, 1.165) is 44.6 Å². The molecule has 4 nitrogen and oxygen atoms in total. The summed E-state index contributed by atoms with van der Waals surface area (Å²) >= 11 is 0. The van der Waals surface area contributed by atoms with Gasteiger partial charge in [0.05, 0.1) is 13.0 Å². The highest BCUT2D eigenvalue weighted by Crippen LogP contribution is 2.17. The Hall–Kier alpha value is -2.04. The third-order valence-electron chi connectivity index (χ3n) is 5.00. The molecule has 1 atom stereocenters. The molecule has 1 saturated heterocycles. The fourth-order valence-corrected chi connectivity index (χ4v) is 3.45. The molecule has 27 heavy (non-hydrogen) atoms. The Morgan fingerprint density at radius 3 is 2.48 bits per heavy atom. The van der Waals surface area contributed by atoms with Crippen molar-refractivity contribution >= 4 is 18.3 Å². The number of amides is 1. The molecule has 1 aliphatic rings. The lowest BCUT2D eigenvalue weighted by Crippen LogP contribution is -2.43. The molecule has 0 aliphatic carbocycles. The number of nitrogens with one attached hydrogen (secondary N) is 1. The maximum Gasteiger partial charge on any atom is 0.227 e. The van der Waals surface area contributed by atoms with Gasteiger partial charge in [-0.2, -0.15) is 0 Å². The van der Waals surface area contributed by atoms with E-state index in [9.17, 15) is 4.79 Å². The van der Waals surface area contributed by atoms with Gasteiger partial charge < -0.3 is 15.0 Å². The first kappa shape index (κ1) is 21.3. The monoisotopic (exact) mass is 388 g/mol. The Morgan fingerprint density at radius 2 is 1.85 bits per heavy atom. The van der Waals surface area contributed by atoms with Crippen LogP contribution in [-0.4, -0.2) is 37.6 Å². The second kappa shape index (κ2) is 11.0. The average molecular weight is 389 g/mol. The highest BCUT2D eigenvalue weighted by Gasteiger charge is 2.25. The van der Waals surface area contributed by atoms with Gasteiger partial charge in [0.1, 0.15) is 5.75 Å². The zero-order valence-electron chi connectivity index (χ0n) is 15.9. The predicted molar refractivity (Wildman–Crippen MR) is 111 cm³/mol. The Labute approximate surface area is 168 Å². The molecule has 1 aliphatic heterocycles. The Morgan fingerprint density at radius 1 is 1.11 bits per heavy atom. The van der Waals surface area contributed by atoms with Gasteiger partial charge in [-0.3, -0.25) is 4.79 Å². The van der Waals surface area contributed by atoms with Crippen LogP contribution in [0.5, 0.6) is 5.75 Å². The number of methoxy groups -OCH3 is 1. The normalized spacial score (nSPS) is 16.3. The van der Waals surface area contributed by atoms with Crippen molar-refractivity contribution in [2.24, 2.45) is 5.92 Å². The van der Waals surface area contributed by atoms with E-state index in [2.05, 4.69) is 29.6 Å². The second-order valence-electron chi connectivity index (χ2n) is 6.89. The maximum atomic E-state index is 13.1. The largest absolute Gasteiger partial charge is 0.497 e. The van der Waals surface area contributed by atoms with E-state index in [4.69, 9.17) is 4.74 Å². The average Bonchev–Trinajstić information content (AvgIpc) is 2.72. The van der Waals surface area contributed by atoms with E-state index in [1.807, 2.05) is 35.2 Å². The van der Waals surface area contributed by atoms with Gasteiger partial charge in [-0.25, -0.2) is 0 Å². The van der Waals surface area contributed by atoms with Gasteiger partial charge in [0.15, 0.2) is 0 Å². The number of piperidine rings is 1. The van der Waals surface area contributed by atoms with Crippen LogP contribution in [0.3, 0.4) is 0 Å². The van der Waals surface area contributed by atoms with Crippen LogP contribution in [0.4, 0.5) is 0 Å². The lowest BCUT2D eigenvalue weighted by Gasteiger charge is -2.30. The smallest absolute Gasteiger partial charge is 0.227 e. The zero-order chi connectivity index (χ0) is 18.2. The molecule has 0 spiro atoms. The van der Waals surface area contributed by atoms with Crippen molar-refractivity contribution in [3.8, 4) is 5.75 Å². The molecule has 0 radical (unpaired) electrons. The van der Waals surface area contributed by atoms with Crippen molar-refractivity contribution < 1.29 is 9.53 Å². The van der Waals surface area contributed by atoms with Crippen LogP contribution < -0.4 is 10.1 Å². The van der Waals surface area contributed by atoms with Crippen LogP contribution in [0.25, 0.3) is 0 Å². The van der Waals surface area contributed by atoms with E-state index < -0.39 is 0 Å². The molecule has 1 fully saturated rings.